The second-order valence-corrected chi connectivity index (χ2v) is 7.32. The Morgan fingerprint density at radius 3 is 2.41 bits per heavy atom. The van der Waals surface area contributed by atoms with E-state index in [1.165, 1.54) is 32.4 Å². The van der Waals surface area contributed by atoms with Crippen molar-refractivity contribution in [1.82, 2.24) is 10.2 Å². The third-order valence-corrected chi connectivity index (χ3v) is 5.00. The summed E-state index contributed by atoms with van der Waals surface area (Å²) in [5.74, 6) is 0.756. The van der Waals surface area contributed by atoms with E-state index in [0.717, 1.165) is 18.5 Å². The van der Waals surface area contributed by atoms with Crippen LogP contribution in [0.4, 0.5) is 0 Å². The number of hydrogen-bond donors (Lipinski definition) is 1. The van der Waals surface area contributed by atoms with E-state index in [-0.39, 0.29) is 0 Å². The maximum atomic E-state index is 3.77. The maximum absolute atomic E-state index is 3.77. The summed E-state index contributed by atoms with van der Waals surface area (Å²) in [5, 5.41) is 3.77. The Morgan fingerprint density at radius 1 is 1.29 bits per heavy atom. The van der Waals surface area contributed by atoms with Crippen LogP contribution in [0.5, 0.6) is 0 Å². The van der Waals surface area contributed by atoms with E-state index < -0.39 is 0 Å². The first-order chi connectivity index (χ1) is 7.87. The van der Waals surface area contributed by atoms with E-state index in [9.17, 15) is 0 Å². The Kier molecular flexibility index (Phi) is 3.57. The van der Waals surface area contributed by atoms with Crippen LogP contribution < -0.4 is 5.32 Å². The Bertz CT molecular complexity index is 270. The summed E-state index contributed by atoms with van der Waals surface area (Å²) in [5.41, 5.74) is 0.968. The fourth-order valence-electron chi connectivity index (χ4n) is 3.03. The van der Waals surface area contributed by atoms with E-state index in [0.29, 0.717) is 11.0 Å². The van der Waals surface area contributed by atoms with Crippen molar-refractivity contribution in [2.45, 2.75) is 65.5 Å². The van der Waals surface area contributed by atoms with Crippen molar-refractivity contribution in [3.05, 3.63) is 0 Å². The van der Waals surface area contributed by atoms with Gasteiger partial charge < -0.3 is 5.32 Å². The minimum Gasteiger partial charge on any atom is -0.309 e. The van der Waals surface area contributed by atoms with Crippen LogP contribution in [-0.2, 0) is 0 Å². The molecular weight excluding hydrogens is 208 g/mol. The van der Waals surface area contributed by atoms with Gasteiger partial charge in [-0.2, -0.15) is 0 Å². The third kappa shape index (κ3) is 3.03. The summed E-state index contributed by atoms with van der Waals surface area (Å²) in [6.45, 7) is 15.6. The molecule has 1 saturated heterocycles. The van der Waals surface area contributed by atoms with Crippen molar-refractivity contribution in [1.29, 1.82) is 0 Å². The minimum atomic E-state index is 0.330. The van der Waals surface area contributed by atoms with Crippen LogP contribution in [-0.4, -0.2) is 36.1 Å². The lowest BCUT2D eigenvalue weighted by atomic mass is 9.89. The Labute approximate surface area is 107 Å². The van der Waals surface area contributed by atoms with Gasteiger partial charge in [-0.25, -0.2) is 0 Å². The molecule has 0 aromatic rings. The molecule has 2 aliphatic rings. The highest BCUT2D eigenvalue weighted by Gasteiger charge is 2.43. The van der Waals surface area contributed by atoms with Gasteiger partial charge in [-0.05, 0) is 37.5 Å². The molecule has 2 atom stereocenters. The summed E-state index contributed by atoms with van der Waals surface area (Å²) in [6.07, 6.45) is 4.10. The number of rotatable bonds is 4. The fourth-order valence-corrected chi connectivity index (χ4v) is 3.03. The quantitative estimate of drug-likeness (QED) is 0.810. The minimum absolute atomic E-state index is 0.330. The average molecular weight is 238 g/mol. The van der Waals surface area contributed by atoms with Gasteiger partial charge in [0.2, 0.25) is 0 Å². The highest BCUT2D eigenvalue weighted by molar-refractivity contribution is 5.00. The van der Waals surface area contributed by atoms with Gasteiger partial charge in [0.1, 0.15) is 0 Å². The molecule has 2 rings (SSSR count). The lowest BCUT2D eigenvalue weighted by Gasteiger charge is -2.48. The zero-order chi connectivity index (χ0) is 12.7. The van der Waals surface area contributed by atoms with E-state index in [1.807, 2.05) is 0 Å². The molecular formula is C15H30N2. The molecule has 1 saturated carbocycles. The molecule has 2 heteroatoms. The Morgan fingerprint density at radius 2 is 1.94 bits per heavy atom. The zero-order valence-electron chi connectivity index (χ0n) is 12.3. The van der Waals surface area contributed by atoms with Crippen LogP contribution in [0, 0.1) is 11.3 Å². The first-order valence-corrected chi connectivity index (χ1v) is 7.37. The summed E-state index contributed by atoms with van der Waals surface area (Å²) >= 11 is 0. The predicted octanol–water partition coefficient (Wildman–Crippen LogP) is 2.89. The molecule has 0 radical (unpaired) electrons. The molecule has 0 spiro atoms. The van der Waals surface area contributed by atoms with Crippen LogP contribution in [0.25, 0.3) is 0 Å². The molecule has 0 amide bonds. The monoisotopic (exact) mass is 238 g/mol. The largest absolute Gasteiger partial charge is 0.309 e. The molecule has 2 fully saturated rings. The van der Waals surface area contributed by atoms with Gasteiger partial charge in [0.15, 0.2) is 0 Å². The predicted molar refractivity (Wildman–Crippen MR) is 74.2 cm³/mol. The van der Waals surface area contributed by atoms with Crippen LogP contribution in [0.15, 0.2) is 0 Å². The van der Waals surface area contributed by atoms with E-state index in [1.54, 1.807) is 0 Å². The van der Waals surface area contributed by atoms with Gasteiger partial charge in [0.05, 0.1) is 0 Å². The molecule has 0 bridgehead atoms. The van der Waals surface area contributed by atoms with E-state index in [2.05, 4.69) is 44.8 Å². The lowest BCUT2D eigenvalue weighted by molar-refractivity contribution is 0.0457. The SMILES string of the molecule is CCC1(C)CN(CC2(C)CC2)C(C(C)C)CN1. The smallest absolute Gasteiger partial charge is 0.0278 e. The highest BCUT2D eigenvalue weighted by atomic mass is 15.3. The Hall–Kier alpha value is -0.0800. The highest BCUT2D eigenvalue weighted by Crippen LogP contribution is 2.46. The van der Waals surface area contributed by atoms with Crippen LogP contribution in [0.1, 0.15) is 53.9 Å². The normalized spacial score (nSPS) is 37.4. The maximum Gasteiger partial charge on any atom is 0.0278 e. The topological polar surface area (TPSA) is 15.3 Å². The zero-order valence-corrected chi connectivity index (χ0v) is 12.3. The molecule has 17 heavy (non-hydrogen) atoms. The molecule has 1 heterocycles. The number of piperazine rings is 1. The van der Waals surface area contributed by atoms with Gasteiger partial charge >= 0.3 is 0 Å². The first kappa shape index (κ1) is 13.4. The van der Waals surface area contributed by atoms with E-state index in [4.69, 9.17) is 0 Å². The lowest BCUT2D eigenvalue weighted by Crippen LogP contribution is -2.64. The second kappa shape index (κ2) is 4.55. The Balaban J connectivity index is 2.04. The van der Waals surface area contributed by atoms with Crippen LogP contribution in [0.2, 0.25) is 0 Å². The summed E-state index contributed by atoms with van der Waals surface area (Å²) in [6, 6.07) is 0.729. The number of hydrogen-bond acceptors (Lipinski definition) is 2. The molecule has 2 unspecified atom stereocenters. The molecule has 1 aliphatic carbocycles. The van der Waals surface area contributed by atoms with Gasteiger partial charge in [-0.3, -0.25) is 4.90 Å². The average Bonchev–Trinajstić information content (AvgIpc) is 2.95. The van der Waals surface area contributed by atoms with Crippen molar-refractivity contribution < 1.29 is 0 Å². The number of nitrogens with zero attached hydrogens (tertiary/aromatic N) is 1. The van der Waals surface area contributed by atoms with Gasteiger partial charge in [0, 0.05) is 31.2 Å². The summed E-state index contributed by atoms with van der Waals surface area (Å²) in [7, 11) is 0. The van der Waals surface area contributed by atoms with E-state index >= 15 is 0 Å². The molecule has 0 aromatic carbocycles. The van der Waals surface area contributed by atoms with Gasteiger partial charge in [-0.1, -0.05) is 27.7 Å². The standard InChI is InChI=1S/C15H30N2/c1-6-15(5)11-17(10-14(4)7-8-14)13(9-16-15)12(2)3/h12-13,16H,6-11H2,1-5H3. The molecule has 2 nitrogen and oxygen atoms in total. The van der Waals surface area contributed by atoms with Gasteiger partial charge in [0.25, 0.3) is 0 Å². The van der Waals surface area contributed by atoms with Crippen LogP contribution >= 0.6 is 0 Å². The summed E-state index contributed by atoms with van der Waals surface area (Å²) < 4.78 is 0. The fraction of sp³-hybridized carbons (Fsp3) is 1.00. The van der Waals surface area contributed by atoms with Crippen molar-refractivity contribution in [3.63, 3.8) is 0 Å². The molecule has 1 aliphatic heterocycles. The van der Waals surface area contributed by atoms with Crippen molar-refractivity contribution >= 4 is 0 Å². The first-order valence-electron chi connectivity index (χ1n) is 7.37. The number of nitrogens with one attached hydrogen (secondary N) is 1. The van der Waals surface area contributed by atoms with Gasteiger partial charge in [-0.15, -0.1) is 0 Å². The van der Waals surface area contributed by atoms with Crippen molar-refractivity contribution in [3.8, 4) is 0 Å². The molecule has 100 valence electrons. The second-order valence-electron chi connectivity index (χ2n) is 7.32. The summed E-state index contributed by atoms with van der Waals surface area (Å²) in [4.78, 5) is 2.78. The third-order valence-electron chi connectivity index (χ3n) is 5.00. The molecule has 0 aromatic heterocycles. The van der Waals surface area contributed by atoms with Crippen molar-refractivity contribution in [2.24, 2.45) is 11.3 Å². The molecule has 1 N–H and O–H groups in total. The van der Waals surface area contributed by atoms with Crippen molar-refractivity contribution in [2.75, 3.05) is 19.6 Å². The van der Waals surface area contributed by atoms with Crippen LogP contribution in [0.3, 0.4) is 0 Å².